The topological polar surface area (TPSA) is 117 Å². The highest BCUT2D eigenvalue weighted by Gasteiger charge is 2.19. The Balaban J connectivity index is 1.56. The number of hydrogen-bond donors (Lipinski definition) is 2. The Morgan fingerprint density at radius 1 is 1.31 bits per heavy atom. The molecule has 1 unspecified atom stereocenters. The maximum atomic E-state index is 13.1. The van der Waals surface area contributed by atoms with Crippen molar-refractivity contribution in [2.24, 2.45) is 5.73 Å². The highest BCUT2D eigenvalue weighted by molar-refractivity contribution is 6.06. The molecule has 4 rings (SSSR count). The normalized spacial score (nSPS) is 15.2. The lowest BCUT2D eigenvalue weighted by atomic mass is 9.92. The van der Waals surface area contributed by atoms with Gasteiger partial charge in [-0.3, -0.25) is 9.59 Å². The molecule has 2 amide bonds. The fourth-order valence-corrected chi connectivity index (χ4v) is 3.64. The summed E-state index contributed by atoms with van der Waals surface area (Å²) in [4.78, 5) is 26.1. The second kappa shape index (κ2) is 8.88. The SMILES string of the molecule is CN(C(=O)c1ccn2ncc(C3C=CC(NC(=O)CN)=CC3)c2c1)c1ccc(C#N)cc1. The van der Waals surface area contributed by atoms with Gasteiger partial charge in [-0.25, -0.2) is 4.52 Å². The number of allylic oxidation sites excluding steroid dienone is 3. The molecule has 160 valence electrons. The summed E-state index contributed by atoms with van der Waals surface area (Å²) in [5.74, 6) is -0.312. The van der Waals surface area contributed by atoms with E-state index in [1.54, 1.807) is 59.2 Å². The standard InChI is InChI=1S/C24H22N6O2/c1-29(20-8-2-16(13-25)3-9-20)24(32)18-10-11-30-22(12-18)21(15-27-30)17-4-6-19(7-5-17)28-23(31)14-26/h2-4,6-12,15,17H,5,14,26H2,1H3,(H,28,31). The zero-order valence-corrected chi connectivity index (χ0v) is 17.5. The van der Waals surface area contributed by atoms with Crippen molar-refractivity contribution in [2.45, 2.75) is 12.3 Å². The number of carbonyl (C=O) groups excluding carboxylic acids is 2. The van der Waals surface area contributed by atoms with Gasteiger partial charge >= 0.3 is 0 Å². The summed E-state index contributed by atoms with van der Waals surface area (Å²) in [6.45, 7) is -0.0592. The molecule has 2 heterocycles. The summed E-state index contributed by atoms with van der Waals surface area (Å²) in [5, 5.41) is 16.1. The number of aromatic nitrogens is 2. The minimum absolute atomic E-state index is 0.0592. The molecule has 3 aromatic rings. The molecule has 0 bridgehead atoms. The van der Waals surface area contributed by atoms with E-state index in [0.717, 1.165) is 16.8 Å². The molecule has 1 atom stereocenters. The number of amides is 2. The van der Waals surface area contributed by atoms with Crippen LogP contribution in [0, 0.1) is 11.3 Å². The predicted molar refractivity (Wildman–Crippen MR) is 121 cm³/mol. The number of nitriles is 1. The number of carbonyl (C=O) groups is 2. The Morgan fingerprint density at radius 2 is 2.09 bits per heavy atom. The highest BCUT2D eigenvalue weighted by atomic mass is 16.2. The molecule has 8 nitrogen and oxygen atoms in total. The summed E-state index contributed by atoms with van der Waals surface area (Å²) in [5.41, 5.74) is 9.71. The van der Waals surface area contributed by atoms with E-state index in [-0.39, 0.29) is 24.3 Å². The third-order valence-electron chi connectivity index (χ3n) is 5.46. The molecular weight excluding hydrogens is 404 g/mol. The van der Waals surface area contributed by atoms with Gasteiger partial charge in [0.25, 0.3) is 5.91 Å². The average Bonchev–Trinajstić information content (AvgIpc) is 3.27. The van der Waals surface area contributed by atoms with Crippen molar-refractivity contribution in [1.82, 2.24) is 14.9 Å². The van der Waals surface area contributed by atoms with E-state index in [4.69, 9.17) is 11.0 Å². The monoisotopic (exact) mass is 426 g/mol. The maximum absolute atomic E-state index is 13.1. The molecule has 0 spiro atoms. The lowest BCUT2D eigenvalue weighted by Crippen LogP contribution is -2.29. The third-order valence-corrected chi connectivity index (χ3v) is 5.46. The number of hydrogen-bond acceptors (Lipinski definition) is 5. The fraction of sp³-hybridized carbons (Fsp3) is 0.167. The van der Waals surface area contributed by atoms with E-state index in [0.29, 0.717) is 23.2 Å². The number of benzene rings is 1. The van der Waals surface area contributed by atoms with Gasteiger partial charge < -0.3 is 16.0 Å². The van der Waals surface area contributed by atoms with Crippen LogP contribution in [0.4, 0.5) is 5.69 Å². The number of anilines is 1. The quantitative estimate of drug-likeness (QED) is 0.650. The first-order chi connectivity index (χ1) is 15.5. The molecule has 3 N–H and O–H groups in total. The summed E-state index contributed by atoms with van der Waals surface area (Å²) in [6, 6.07) is 12.5. The lowest BCUT2D eigenvalue weighted by molar-refractivity contribution is -0.118. The van der Waals surface area contributed by atoms with Crippen LogP contribution in [-0.2, 0) is 4.79 Å². The first-order valence-electron chi connectivity index (χ1n) is 10.1. The van der Waals surface area contributed by atoms with Crippen LogP contribution in [0.1, 0.15) is 33.8 Å². The summed E-state index contributed by atoms with van der Waals surface area (Å²) in [6.07, 6.45) is 10.1. The van der Waals surface area contributed by atoms with Crippen molar-refractivity contribution in [3.8, 4) is 6.07 Å². The Labute approximate surface area is 185 Å². The number of pyridine rings is 1. The zero-order chi connectivity index (χ0) is 22.7. The van der Waals surface area contributed by atoms with Crippen LogP contribution in [-0.4, -0.2) is 35.0 Å². The molecule has 0 saturated carbocycles. The molecule has 1 aromatic carbocycles. The number of nitrogens with two attached hydrogens (primary N) is 1. The lowest BCUT2D eigenvalue weighted by Gasteiger charge is -2.18. The second-order valence-corrected chi connectivity index (χ2v) is 7.48. The van der Waals surface area contributed by atoms with E-state index in [1.807, 2.05) is 24.3 Å². The second-order valence-electron chi connectivity index (χ2n) is 7.48. The Hall–Kier alpha value is -4.22. The van der Waals surface area contributed by atoms with Crippen molar-refractivity contribution in [2.75, 3.05) is 18.5 Å². The largest absolute Gasteiger partial charge is 0.325 e. The van der Waals surface area contributed by atoms with Gasteiger partial charge in [-0.15, -0.1) is 0 Å². The van der Waals surface area contributed by atoms with Gasteiger partial charge in [-0.2, -0.15) is 10.4 Å². The molecular formula is C24H22N6O2. The molecule has 1 aliphatic carbocycles. The van der Waals surface area contributed by atoms with E-state index in [1.165, 1.54) is 0 Å². The molecule has 8 heteroatoms. The van der Waals surface area contributed by atoms with Crippen LogP contribution in [0.2, 0.25) is 0 Å². The maximum Gasteiger partial charge on any atom is 0.258 e. The van der Waals surface area contributed by atoms with Gasteiger partial charge in [0.05, 0.1) is 29.9 Å². The Kier molecular flexibility index (Phi) is 5.83. The van der Waals surface area contributed by atoms with Gasteiger partial charge in [0.15, 0.2) is 0 Å². The van der Waals surface area contributed by atoms with Gasteiger partial charge in [0.2, 0.25) is 5.91 Å². The fourth-order valence-electron chi connectivity index (χ4n) is 3.64. The van der Waals surface area contributed by atoms with Gasteiger partial charge in [0.1, 0.15) is 0 Å². The number of nitrogens with one attached hydrogen (secondary N) is 1. The van der Waals surface area contributed by atoms with Crippen LogP contribution < -0.4 is 16.0 Å². The summed E-state index contributed by atoms with van der Waals surface area (Å²) < 4.78 is 1.75. The highest BCUT2D eigenvalue weighted by Crippen LogP contribution is 2.30. The van der Waals surface area contributed by atoms with Crippen LogP contribution in [0.3, 0.4) is 0 Å². The van der Waals surface area contributed by atoms with Crippen molar-refractivity contribution in [3.05, 3.63) is 89.4 Å². The molecule has 32 heavy (non-hydrogen) atoms. The first-order valence-corrected chi connectivity index (χ1v) is 10.1. The van der Waals surface area contributed by atoms with Crippen molar-refractivity contribution in [1.29, 1.82) is 5.26 Å². The van der Waals surface area contributed by atoms with Crippen LogP contribution >= 0.6 is 0 Å². The average molecular weight is 426 g/mol. The third kappa shape index (κ3) is 4.15. The molecule has 1 aliphatic rings. The molecule has 2 aromatic heterocycles. The van der Waals surface area contributed by atoms with E-state index in [2.05, 4.69) is 16.5 Å². The van der Waals surface area contributed by atoms with E-state index in [9.17, 15) is 9.59 Å². The number of rotatable bonds is 5. The van der Waals surface area contributed by atoms with Crippen molar-refractivity contribution >= 4 is 23.0 Å². The molecule has 0 aliphatic heterocycles. The Morgan fingerprint density at radius 3 is 2.75 bits per heavy atom. The van der Waals surface area contributed by atoms with Gasteiger partial charge in [-0.1, -0.05) is 12.2 Å². The Bertz CT molecular complexity index is 1280. The number of nitrogens with zero attached hydrogens (tertiary/aromatic N) is 4. The smallest absolute Gasteiger partial charge is 0.258 e. The van der Waals surface area contributed by atoms with E-state index < -0.39 is 0 Å². The van der Waals surface area contributed by atoms with Gasteiger partial charge in [0, 0.05) is 41.7 Å². The molecule has 0 saturated heterocycles. The van der Waals surface area contributed by atoms with Crippen LogP contribution in [0.25, 0.3) is 5.52 Å². The van der Waals surface area contributed by atoms with Crippen LogP contribution in [0.5, 0.6) is 0 Å². The summed E-state index contributed by atoms with van der Waals surface area (Å²) in [7, 11) is 1.71. The van der Waals surface area contributed by atoms with E-state index >= 15 is 0 Å². The van der Waals surface area contributed by atoms with Crippen LogP contribution in [0.15, 0.2) is 72.7 Å². The predicted octanol–water partition coefficient (Wildman–Crippen LogP) is 2.48. The zero-order valence-electron chi connectivity index (χ0n) is 17.5. The minimum Gasteiger partial charge on any atom is -0.325 e. The molecule has 0 fully saturated rings. The van der Waals surface area contributed by atoms with Crippen molar-refractivity contribution in [3.63, 3.8) is 0 Å². The number of fused-ring (bicyclic) bond motifs is 1. The molecule has 0 radical (unpaired) electrons. The minimum atomic E-state index is -0.232. The first kappa shape index (κ1) is 21.0. The van der Waals surface area contributed by atoms with Crippen molar-refractivity contribution < 1.29 is 9.59 Å². The summed E-state index contributed by atoms with van der Waals surface area (Å²) >= 11 is 0. The van der Waals surface area contributed by atoms with Gasteiger partial charge in [-0.05, 0) is 48.9 Å².